The van der Waals surface area contributed by atoms with Crippen LogP contribution in [0.4, 0.5) is 4.39 Å². The van der Waals surface area contributed by atoms with Gasteiger partial charge < -0.3 is 0 Å². The minimum Gasteiger partial charge on any atom is -0.271 e. The molecule has 120 valence electrons. The Balaban J connectivity index is 2.94. The van der Waals surface area contributed by atoms with E-state index in [9.17, 15) is 17.6 Å². The van der Waals surface area contributed by atoms with Gasteiger partial charge in [0.15, 0.2) is 6.61 Å². The molecule has 0 spiro atoms. The van der Waals surface area contributed by atoms with E-state index in [0.29, 0.717) is 0 Å². The highest BCUT2D eigenvalue weighted by Gasteiger charge is 2.29. The molecule has 0 aliphatic rings. The molecular weight excluding hydrogens is 313 g/mol. The van der Waals surface area contributed by atoms with Gasteiger partial charge in [-0.15, -0.1) is 0 Å². The van der Waals surface area contributed by atoms with Crippen molar-refractivity contribution in [1.82, 2.24) is 10.2 Å². The molecule has 0 heterocycles. The highest BCUT2D eigenvalue weighted by atomic mass is 32.2. The van der Waals surface area contributed by atoms with Crippen LogP contribution in [0, 0.1) is 23.1 Å². The molecule has 2 N–H and O–H groups in total. The van der Waals surface area contributed by atoms with E-state index in [2.05, 4.69) is 9.56 Å². The van der Waals surface area contributed by atoms with Crippen LogP contribution in [-0.2, 0) is 19.7 Å². The van der Waals surface area contributed by atoms with Crippen molar-refractivity contribution in [2.75, 3.05) is 6.61 Å². The van der Waals surface area contributed by atoms with Crippen LogP contribution >= 0.6 is 0 Å². The molecule has 0 radical (unpaired) electrons. The van der Waals surface area contributed by atoms with E-state index >= 15 is 0 Å². The number of hydrogen-bond donors (Lipinski definition) is 2. The third-order valence-electron chi connectivity index (χ3n) is 2.67. The summed E-state index contributed by atoms with van der Waals surface area (Å²) in [6, 6.07) is 5.31. The lowest BCUT2D eigenvalue weighted by atomic mass is 10.1. The minimum atomic E-state index is -4.22. The Hall–Kier alpha value is -2.02. The second kappa shape index (κ2) is 7.84. The van der Waals surface area contributed by atoms with Crippen LogP contribution in [0.2, 0.25) is 0 Å². The summed E-state index contributed by atoms with van der Waals surface area (Å²) >= 11 is 0. The molecule has 0 fully saturated rings. The van der Waals surface area contributed by atoms with E-state index in [1.165, 1.54) is 12.1 Å². The Bertz CT molecular complexity index is 670. The van der Waals surface area contributed by atoms with E-state index in [0.717, 1.165) is 12.1 Å². The summed E-state index contributed by atoms with van der Waals surface area (Å²) < 4.78 is 40.1. The average Bonchev–Trinajstić information content (AvgIpc) is 2.45. The summed E-state index contributed by atoms with van der Waals surface area (Å²) in [7, 11) is -4.22. The molecule has 22 heavy (non-hydrogen) atoms. The van der Waals surface area contributed by atoms with Crippen molar-refractivity contribution in [2.45, 2.75) is 24.8 Å². The highest BCUT2D eigenvalue weighted by molar-refractivity contribution is 7.89. The Morgan fingerprint density at radius 1 is 1.41 bits per heavy atom. The molecule has 1 unspecified atom stereocenters. The lowest BCUT2D eigenvalue weighted by Crippen LogP contribution is -2.49. The lowest BCUT2D eigenvalue weighted by Gasteiger charge is -2.21. The fraction of sp³-hybridized carbons (Fsp3) is 0.385. The predicted molar refractivity (Wildman–Crippen MR) is 75.1 cm³/mol. The molecule has 1 amide bonds. The van der Waals surface area contributed by atoms with Gasteiger partial charge in [-0.2, -0.15) is 9.98 Å². The van der Waals surface area contributed by atoms with Crippen LogP contribution in [-0.4, -0.2) is 27.0 Å². The fourth-order valence-electron chi connectivity index (χ4n) is 1.59. The standard InChI is InChI=1S/C13H16FN3O4S/c1-9(2)12(13(18)16-21-8-7-15)17-22(19,20)11-6-4-3-5-10(11)14/h3-6,9,12,17H,8H2,1-2H3,(H,16,18). The van der Waals surface area contributed by atoms with Gasteiger partial charge in [0.2, 0.25) is 10.0 Å². The number of hydrogen-bond acceptors (Lipinski definition) is 5. The zero-order valence-electron chi connectivity index (χ0n) is 12.0. The number of nitrogens with one attached hydrogen (secondary N) is 2. The summed E-state index contributed by atoms with van der Waals surface area (Å²) in [6.07, 6.45) is 0. The van der Waals surface area contributed by atoms with Crippen LogP contribution in [0.25, 0.3) is 0 Å². The van der Waals surface area contributed by atoms with Gasteiger partial charge >= 0.3 is 0 Å². The molecule has 0 saturated heterocycles. The van der Waals surface area contributed by atoms with Crippen LogP contribution in [0.3, 0.4) is 0 Å². The fourth-order valence-corrected chi connectivity index (χ4v) is 3.01. The van der Waals surface area contributed by atoms with Crippen molar-refractivity contribution < 1.29 is 22.4 Å². The van der Waals surface area contributed by atoms with E-state index in [1.54, 1.807) is 19.9 Å². The van der Waals surface area contributed by atoms with Gasteiger partial charge in [-0.05, 0) is 18.1 Å². The number of sulfonamides is 1. The summed E-state index contributed by atoms with van der Waals surface area (Å²) in [6.45, 7) is 2.84. The number of carbonyl (C=O) groups excluding carboxylic acids is 1. The van der Waals surface area contributed by atoms with Gasteiger partial charge in [-0.25, -0.2) is 18.3 Å². The molecule has 0 saturated carbocycles. The molecule has 1 aromatic carbocycles. The molecular formula is C13H16FN3O4S. The first-order valence-electron chi connectivity index (χ1n) is 6.35. The maximum Gasteiger partial charge on any atom is 0.262 e. The molecule has 7 nitrogen and oxygen atoms in total. The monoisotopic (exact) mass is 329 g/mol. The zero-order chi connectivity index (χ0) is 16.8. The number of hydroxylamine groups is 1. The van der Waals surface area contributed by atoms with E-state index < -0.39 is 38.6 Å². The van der Waals surface area contributed by atoms with Gasteiger partial charge in [0.05, 0.1) is 6.07 Å². The van der Waals surface area contributed by atoms with Crippen molar-refractivity contribution in [3.05, 3.63) is 30.1 Å². The Labute approximate surface area is 128 Å². The zero-order valence-corrected chi connectivity index (χ0v) is 12.9. The molecule has 0 aliphatic carbocycles. The maximum absolute atomic E-state index is 13.6. The van der Waals surface area contributed by atoms with Crippen molar-refractivity contribution in [1.29, 1.82) is 5.26 Å². The van der Waals surface area contributed by atoms with E-state index in [-0.39, 0.29) is 6.61 Å². The molecule has 0 aromatic heterocycles. The van der Waals surface area contributed by atoms with Crippen molar-refractivity contribution in [3.8, 4) is 6.07 Å². The number of halogens is 1. The first-order chi connectivity index (χ1) is 10.3. The normalized spacial score (nSPS) is 12.7. The van der Waals surface area contributed by atoms with Gasteiger partial charge in [0.25, 0.3) is 5.91 Å². The Morgan fingerprint density at radius 2 is 2.05 bits per heavy atom. The van der Waals surface area contributed by atoms with Crippen LogP contribution < -0.4 is 10.2 Å². The van der Waals surface area contributed by atoms with Crippen molar-refractivity contribution >= 4 is 15.9 Å². The first kappa shape index (κ1) is 18.0. The van der Waals surface area contributed by atoms with Gasteiger partial charge in [-0.3, -0.25) is 9.63 Å². The van der Waals surface area contributed by atoms with Crippen LogP contribution in [0.15, 0.2) is 29.2 Å². The topological polar surface area (TPSA) is 108 Å². The molecule has 1 rings (SSSR count). The lowest BCUT2D eigenvalue weighted by molar-refractivity contribution is -0.135. The van der Waals surface area contributed by atoms with Gasteiger partial charge in [-0.1, -0.05) is 26.0 Å². The summed E-state index contributed by atoms with van der Waals surface area (Å²) in [4.78, 5) is 15.9. The first-order valence-corrected chi connectivity index (χ1v) is 7.83. The average molecular weight is 329 g/mol. The largest absolute Gasteiger partial charge is 0.271 e. The molecule has 0 aliphatic heterocycles. The number of nitrogens with zero attached hydrogens (tertiary/aromatic N) is 1. The van der Waals surface area contributed by atoms with Crippen molar-refractivity contribution in [2.24, 2.45) is 5.92 Å². The van der Waals surface area contributed by atoms with Gasteiger partial charge in [0, 0.05) is 0 Å². The Kier molecular flexibility index (Phi) is 6.42. The maximum atomic E-state index is 13.6. The van der Waals surface area contributed by atoms with E-state index in [4.69, 9.17) is 5.26 Å². The number of benzene rings is 1. The summed E-state index contributed by atoms with van der Waals surface area (Å²) in [5, 5.41) is 8.31. The van der Waals surface area contributed by atoms with Crippen LogP contribution in [0.5, 0.6) is 0 Å². The number of rotatable bonds is 7. The minimum absolute atomic E-state index is 0.378. The SMILES string of the molecule is CC(C)C(NS(=O)(=O)c1ccccc1F)C(=O)NOCC#N. The Morgan fingerprint density at radius 3 is 2.59 bits per heavy atom. The molecule has 1 aromatic rings. The third-order valence-corrected chi connectivity index (χ3v) is 4.14. The number of nitriles is 1. The number of carbonyl (C=O) groups is 1. The summed E-state index contributed by atoms with van der Waals surface area (Å²) in [5.41, 5.74) is 1.97. The molecule has 9 heteroatoms. The molecule has 1 atom stereocenters. The third kappa shape index (κ3) is 4.77. The smallest absolute Gasteiger partial charge is 0.262 e. The van der Waals surface area contributed by atoms with Crippen molar-refractivity contribution in [3.63, 3.8) is 0 Å². The second-order valence-corrected chi connectivity index (χ2v) is 6.37. The van der Waals surface area contributed by atoms with E-state index in [1.807, 2.05) is 5.48 Å². The summed E-state index contributed by atoms with van der Waals surface area (Å²) in [5.74, 6) is -2.11. The van der Waals surface area contributed by atoms with Gasteiger partial charge in [0.1, 0.15) is 16.8 Å². The predicted octanol–water partition coefficient (Wildman–Crippen LogP) is 0.700. The second-order valence-electron chi connectivity index (χ2n) is 4.69. The van der Waals surface area contributed by atoms with Crippen LogP contribution in [0.1, 0.15) is 13.8 Å². The molecule has 0 bridgehead atoms. The quantitative estimate of drug-likeness (QED) is 0.565. The highest BCUT2D eigenvalue weighted by Crippen LogP contribution is 2.15. The number of amides is 1.